The highest BCUT2D eigenvalue weighted by Crippen LogP contribution is 2.00. The van der Waals surface area contributed by atoms with Gasteiger partial charge in [0.2, 0.25) is 0 Å². The standard InChI is InChI=1S/C5H10ClO/c1-5(6)3-2-4-7/h5,7H,1-4H2. The lowest BCUT2D eigenvalue weighted by Gasteiger charge is -1.96. The fourth-order valence-corrected chi connectivity index (χ4v) is 0.467. The molecule has 0 amide bonds. The molecule has 0 fully saturated rings. The van der Waals surface area contributed by atoms with Crippen LogP contribution in [0.1, 0.15) is 12.8 Å². The summed E-state index contributed by atoms with van der Waals surface area (Å²) < 4.78 is 0. The van der Waals surface area contributed by atoms with Gasteiger partial charge in [0.1, 0.15) is 0 Å². The Kier molecular flexibility index (Phi) is 4.57. The minimum Gasteiger partial charge on any atom is -0.396 e. The van der Waals surface area contributed by atoms with Gasteiger partial charge in [0.05, 0.1) is 0 Å². The smallest absolute Gasteiger partial charge is 0.0431 e. The van der Waals surface area contributed by atoms with Crippen LogP contribution in [0.2, 0.25) is 0 Å². The SMILES string of the molecule is [CH2]C(Cl)CCCO. The maximum absolute atomic E-state index is 8.23. The van der Waals surface area contributed by atoms with Crippen LogP contribution in [0.4, 0.5) is 0 Å². The molecule has 0 aliphatic carbocycles. The van der Waals surface area contributed by atoms with Gasteiger partial charge >= 0.3 is 0 Å². The van der Waals surface area contributed by atoms with E-state index in [2.05, 4.69) is 6.92 Å². The van der Waals surface area contributed by atoms with E-state index in [4.69, 9.17) is 16.7 Å². The summed E-state index contributed by atoms with van der Waals surface area (Å²) in [5.74, 6) is 0. The van der Waals surface area contributed by atoms with E-state index in [9.17, 15) is 0 Å². The van der Waals surface area contributed by atoms with E-state index in [1.807, 2.05) is 0 Å². The Hall–Kier alpha value is 0.250. The van der Waals surface area contributed by atoms with E-state index in [1.54, 1.807) is 0 Å². The lowest BCUT2D eigenvalue weighted by atomic mass is 10.3. The Bertz CT molecular complexity index is 37.1. The Labute approximate surface area is 49.3 Å². The largest absolute Gasteiger partial charge is 0.396 e. The summed E-state index contributed by atoms with van der Waals surface area (Å²) in [5, 5.41) is 8.19. The van der Waals surface area contributed by atoms with Crippen LogP contribution < -0.4 is 0 Å². The second-order valence-corrected chi connectivity index (χ2v) is 2.08. The predicted molar refractivity (Wildman–Crippen MR) is 31.3 cm³/mol. The Balaban J connectivity index is 2.68. The summed E-state index contributed by atoms with van der Waals surface area (Å²) in [5.41, 5.74) is 0. The van der Waals surface area contributed by atoms with Crippen LogP contribution in [-0.2, 0) is 0 Å². The number of aliphatic hydroxyl groups is 1. The fourth-order valence-electron chi connectivity index (χ4n) is 0.313. The summed E-state index contributed by atoms with van der Waals surface area (Å²) in [4.78, 5) is 0. The molecule has 1 atom stereocenters. The van der Waals surface area contributed by atoms with Gasteiger partial charge in [-0.05, 0) is 19.8 Å². The molecule has 7 heavy (non-hydrogen) atoms. The van der Waals surface area contributed by atoms with Crippen molar-refractivity contribution in [1.82, 2.24) is 0 Å². The molecule has 0 heterocycles. The molecule has 1 radical (unpaired) electrons. The van der Waals surface area contributed by atoms with Crippen LogP contribution >= 0.6 is 11.6 Å². The molecule has 0 saturated carbocycles. The normalized spacial score (nSPS) is 14.1. The minimum absolute atomic E-state index is 0.0350. The predicted octanol–water partition coefficient (Wildman–Crippen LogP) is 1.20. The Morgan fingerprint density at radius 1 is 1.71 bits per heavy atom. The lowest BCUT2D eigenvalue weighted by molar-refractivity contribution is 0.285. The lowest BCUT2D eigenvalue weighted by Crippen LogP contribution is -1.92. The first-order valence-electron chi connectivity index (χ1n) is 2.35. The maximum atomic E-state index is 8.23. The number of rotatable bonds is 3. The third-order valence-corrected chi connectivity index (χ3v) is 0.894. The summed E-state index contributed by atoms with van der Waals surface area (Å²) >= 11 is 5.43. The highest BCUT2D eigenvalue weighted by molar-refractivity contribution is 6.21. The molecule has 2 heteroatoms. The van der Waals surface area contributed by atoms with Gasteiger partial charge in [-0.1, -0.05) is 0 Å². The van der Waals surface area contributed by atoms with E-state index >= 15 is 0 Å². The zero-order chi connectivity index (χ0) is 5.70. The van der Waals surface area contributed by atoms with Crippen LogP contribution in [0.5, 0.6) is 0 Å². The Morgan fingerprint density at radius 3 is 2.43 bits per heavy atom. The second-order valence-electron chi connectivity index (χ2n) is 1.46. The molecule has 1 N–H and O–H groups in total. The summed E-state index contributed by atoms with van der Waals surface area (Å²) in [6.07, 6.45) is 1.57. The van der Waals surface area contributed by atoms with Crippen molar-refractivity contribution in [3.05, 3.63) is 6.92 Å². The van der Waals surface area contributed by atoms with Gasteiger partial charge in [-0.25, -0.2) is 0 Å². The van der Waals surface area contributed by atoms with Gasteiger partial charge in [-0.15, -0.1) is 11.6 Å². The summed E-state index contributed by atoms with van der Waals surface area (Å²) in [6.45, 7) is 3.75. The molecule has 43 valence electrons. The molecule has 0 aromatic carbocycles. The number of hydrogen-bond donors (Lipinski definition) is 1. The fraction of sp³-hybridized carbons (Fsp3) is 0.800. The van der Waals surface area contributed by atoms with Crippen molar-refractivity contribution >= 4 is 11.6 Å². The van der Waals surface area contributed by atoms with E-state index in [0.717, 1.165) is 12.8 Å². The maximum Gasteiger partial charge on any atom is 0.0431 e. The summed E-state index contributed by atoms with van der Waals surface area (Å²) in [6, 6.07) is 0. The van der Waals surface area contributed by atoms with Gasteiger partial charge < -0.3 is 5.11 Å². The highest BCUT2D eigenvalue weighted by Gasteiger charge is 1.92. The zero-order valence-electron chi connectivity index (χ0n) is 4.23. The summed E-state index contributed by atoms with van der Waals surface area (Å²) in [7, 11) is 0. The first kappa shape index (κ1) is 7.25. The number of halogens is 1. The molecule has 0 aliphatic heterocycles. The molecular formula is C5H10ClO. The molecule has 0 aliphatic rings. The van der Waals surface area contributed by atoms with Crippen LogP contribution in [-0.4, -0.2) is 17.1 Å². The average molecular weight is 122 g/mol. The zero-order valence-corrected chi connectivity index (χ0v) is 4.99. The van der Waals surface area contributed by atoms with Crippen LogP contribution in [0.25, 0.3) is 0 Å². The quantitative estimate of drug-likeness (QED) is 0.557. The van der Waals surface area contributed by atoms with E-state index in [0.29, 0.717) is 0 Å². The van der Waals surface area contributed by atoms with Crippen molar-refractivity contribution in [2.24, 2.45) is 0 Å². The molecule has 0 aromatic heterocycles. The third kappa shape index (κ3) is 6.25. The van der Waals surface area contributed by atoms with Gasteiger partial charge in [0.15, 0.2) is 0 Å². The topological polar surface area (TPSA) is 20.2 Å². The molecule has 1 nitrogen and oxygen atoms in total. The number of alkyl halides is 1. The average Bonchev–Trinajstić information content (AvgIpc) is 1.61. The molecule has 1 unspecified atom stereocenters. The first-order valence-corrected chi connectivity index (χ1v) is 2.79. The first-order chi connectivity index (χ1) is 3.27. The van der Waals surface area contributed by atoms with Crippen LogP contribution in [0.3, 0.4) is 0 Å². The van der Waals surface area contributed by atoms with Crippen molar-refractivity contribution in [3.63, 3.8) is 0 Å². The van der Waals surface area contributed by atoms with E-state index < -0.39 is 0 Å². The van der Waals surface area contributed by atoms with E-state index in [-0.39, 0.29) is 12.0 Å². The molecule has 0 rings (SSSR count). The van der Waals surface area contributed by atoms with Gasteiger partial charge in [0, 0.05) is 12.0 Å². The monoisotopic (exact) mass is 121 g/mol. The van der Waals surface area contributed by atoms with Crippen molar-refractivity contribution in [1.29, 1.82) is 0 Å². The number of hydrogen-bond acceptors (Lipinski definition) is 1. The Morgan fingerprint density at radius 2 is 2.29 bits per heavy atom. The number of aliphatic hydroxyl groups excluding tert-OH is 1. The van der Waals surface area contributed by atoms with Crippen LogP contribution in [0.15, 0.2) is 0 Å². The highest BCUT2D eigenvalue weighted by atomic mass is 35.5. The van der Waals surface area contributed by atoms with Crippen molar-refractivity contribution in [2.45, 2.75) is 18.2 Å². The molecule has 0 bridgehead atoms. The van der Waals surface area contributed by atoms with Gasteiger partial charge in [-0.2, -0.15) is 0 Å². The molecule has 0 spiro atoms. The van der Waals surface area contributed by atoms with Crippen molar-refractivity contribution < 1.29 is 5.11 Å². The van der Waals surface area contributed by atoms with E-state index in [1.165, 1.54) is 0 Å². The third-order valence-electron chi connectivity index (χ3n) is 0.675. The van der Waals surface area contributed by atoms with Crippen molar-refractivity contribution in [3.8, 4) is 0 Å². The minimum atomic E-state index is -0.0350. The second kappa shape index (κ2) is 4.41. The van der Waals surface area contributed by atoms with Crippen molar-refractivity contribution in [2.75, 3.05) is 6.61 Å². The van der Waals surface area contributed by atoms with Gasteiger partial charge in [-0.3, -0.25) is 0 Å². The van der Waals surface area contributed by atoms with Crippen LogP contribution in [0, 0.1) is 6.92 Å². The molecule has 0 saturated heterocycles. The van der Waals surface area contributed by atoms with Gasteiger partial charge in [0.25, 0.3) is 0 Å². The molecule has 0 aromatic rings. The molecular weight excluding hydrogens is 112 g/mol.